The van der Waals surface area contributed by atoms with Gasteiger partial charge in [-0.3, -0.25) is 4.99 Å². The summed E-state index contributed by atoms with van der Waals surface area (Å²) in [4.78, 5) is 13.7. The Hall–Kier alpha value is -2.61. The van der Waals surface area contributed by atoms with Gasteiger partial charge in [-0.2, -0.15) is 0 Å². The number of likely N-dealkylation sites (N-methyl/N-ethyl adjacent to an activating group) is 1. The van der Waals surface area contributed by atoms with E-state index >= 15 is 0 Å². The minimum Gasteiger partial charge on any atom is -0.359 e. The molecule has 0 radical (unpaired) electrons. The van der Waals surface area contributed by atoms with Crippen LogP contribution in [0, 0.1) is 0 Å². The molecule has 0 aromatic carbocycles. The van der Waals surface area contributed by atoms with Gasteiger partial charge in [-0.1, -0.05) is 32.0 Å². The van der Waals surface area contributed by atoms with E-state index in [0.29, 0.717) is 25.0 Å². The van der Waals surface area contributed by atoms with Crippen LogP contribution < -0.4 is 15.5 Å². The van der Waals surface area contributed by atoms with Crippen LogP contribution in [0.5, 0.6) is 0 Å². The number of hydrogen-bond donors (Lipinski definition) is 2. The van der Waals surface area contributed by atoms with Gasteiger partial charge in [0.1, 0.15) is 5.82 Å². The van der Waals surface area contributed by atoms with Crippen LogP contribution in [0.25, 0.3) is 0 Å². The Labute approximate surface area is 173 Å². The molecule has 0 bridgehead atoms. The highest BCUT2D eigenvalue weighted by molar-refractivity contribution is 5.79. The van der Waals surface area contributed by atoms with Crippen molar-refractivity contribution in [3.8, 4) is 0 Å². The number of rotatable bonds is 7. The number of aliphatic imine (C=N–C) groups is 1. The van der Waals surface area contributed by atoms with Gasteiger partial charge in [-0.25, -0.2) is 4.98 Å². The molecular formula is C21H33N7O. The summed E-state index contributed by atoms with van der Waals surface area (Å²) in [7, 11) is 1.76. The normalized spacial score (nSPS) is 15.8. The van der Waals surface area contributed by atoms with Gasteiger partial charge in [0.2, 0.25) is 0 Å². The summed E-state index contributed by atoms with van der Waals surface area (Å²) in [6.07, 6.45) is 1.94. The van der Waals surface area contributed by atoms with Crippen LogP contribution in [0.4, 0.5) is 5.82 Å². The molecule has 1 aliphatic heterocycles. The Morgan fingerprint density at radius 1 is 1.17 bits per heavy atom. The first kappa shape index (κ1) is 21.1. The molecular weight excluding hydrogens is 366 g/mol. The summed E-state index contributed by atoms with van der Waals surface area (Å²) < 4.78 is 5.36. The van der Waals surface area contributed by atoms with Crippen LogP contribution in [0.3, 0.4) is 0 Å². The number of guanidine groups is 1. The van der Waals surface area contributed by atoms with Gasteiger partial charge >= 0.3 is 0 Å². The predicted octanol–water partition coefficient (Wildman–Crippen LogP) is 2.20. The highest BCUT2D eigenvalue weighted by Gasteiger charge is 2.16. The second-order valence-corrected chi connectivity index (χ2v) is 7.60. The molecule has 8 heteroatoms. The minimum atomic E-state index is 0.357. The number of nitrogens with one attached hydrogen (secondary N) is 2. The molecule has 2 aromatic heterocycles. The average molecular weight is 400 g/mol. The Kier molecular flexibility index (Phi) is 7.46. The lowest BCUT2D eigenvalue weighted by Crippen LogP contribution is -2.46. The molecule has 2 N–H and O–H groups in total. The van der Waals surface area contributed by atoms with Crippen molar-refractivity contribution in [2.75, 3.05) is 44.7 Å². The Bertz CT molecular complexity index is 777. The molecule has 1 saturated heterocycles. The molecule has 3 heterocycles. The first-order chi connectivity index (χ1) is 14.1. The first-order valence-corrected chi connectivity index (χ1v) is 10.4. The van der Waals surface area contributed by atoms with Crippen molar-refractivity contribution in [1.82, 2.24) is 25.7 Å². The van der Waals surface area contributed by atoms with E-state index in [2.05, 4.69) is 68.5 Å². The number of piperazine rings is 1. The van der Waals surface area contributed by atoms with E-state index in [-0.39, 0.29) is 0 Å². The smallest absolute Gasteiger partial charge is 0.191 e. The summed E-state index contributed by atoms with van der Waals surface area (Å²) in [5.74, 6) is 2.92. The fraction of sp³-hybridized carbons (Fsp3) is 0.571. The second-order valence-electron chi connectivity index (χ2n) is 7.60. The maximum atomic E-state index is 5.36. The van der Waals surface area contributed by atoms with Gasteiger partial charge in [-0.15, -0.1) is 0 Å². The van der Waals surface area contributed by atoms with Crippen molar-refractivity contribution < 1.29 is 4.52 Å². The average Bonchev–Trinajstić information content (AvgIpc) is 3.24. The maximum Gasteiger partial charge on any atom is 0.191 e. The van der Waals surface area contributed by atoms with Crippen molar-refractivity contribution in [2.24, 2.45) is 4.99 Å². The molecule has 2 aromatic rings. The van der Waals surface area contributed by atoms with Crippen LogP contribution in [0.1, 0.15) is 43.7 Å². The fourth-order valence-corrected chi connectivity index (χ4v) is 3.26. The molecule has 0 atom stereocenters. The lowest BCUT2D eigenvalue weighted by molar-refractivity contribution is 0.270. The van der Waals surface area contributed by atoms with E-state index in [1.165, 1.54) is 0 Å². The number of nitrogens with zero attached hydrogens (tertiary/aromatic N) is 5. The standard InChI is InChI=1S/C21H33N7O/c1-5-27-8-10-28(11-9-27)20-7-6-17(13-23-20)14-24-21(22-4)25-15-18-12-19(16(2)3)26-29-18/h6-7,12-13,16H,5,8-11,14-15H2,1-4H3,(H2,22,24,25). The highest BCUT2D eigenvalue weighted by Crippen LogP contribution is 2.15. The zero-order valence-electron chi connectivity index (χ0n) is 18.0. The molecule has 0 saturated carbocycles. The Morgan fingerprint density at radius 3 is 2.52 bits per heavy atom. The van der Waals surface area contributed by atoms with Gasteiger partial charge in [0.05, 0.1) is 12.2 Å². The molecule has 0 aliphatic carbocycles. The Balaban J connectivity index is 1.45. The fourth-order valence-electron chi connectivity index (χ4n) is 3.26. The summed E-state index contributed by atoms with van der Waals surface area (Å²) in [5.41, 5.74) is 2.08. The van der Waals surface area contributed by atoms with E-state index < -0.39 is 0 Å². The molecule has 29 heavy (non-hydrogen) atoms. The summed E-state index contributed by atoms with van der Waals surface area (Å²) in [6.45, 7) is 13.0. The van der Waals surface area contributed by atoms with Crippen molar-refractivity contribution in [2.45, 2.75) is 39.8 Å². The van der Waals surface area contributed by atoms with E-state index in [0.717, 1.165) is 55.6 Å². The van der Waals surface area contributed by atoms with Gasteiger partial charge in [0.15, 0.2) is 11.7 Å². The van der Waals surface area contributed by atoms with Crippen LogP contribution in [-0.2, 0) is 13.1 Å². The lowest BCUT2D eigenvalue weighted by atomic mass is 10.1. The van der Waals surface area contributed by atoms with Gasteiger partial charge in [-0.05, 0) is 24.1 Å². The number of anilines is 1. The highest BCUT2D eigenvalue weighted by atomic mass is 16.5. The van der Waals surface area contributed by atoms with Gasteiger partial charge in [0.25, 0.3) is 0 Å². The summed E-state index contributed by atoms with van der Waals surface area (Å²) in [6, 6.07) is 6.21. The summed E-state index contributed by atoms with van der Waals surface area (Å²) in [5, 5.41) is 10.6. The SMILES string of the molecule is CCN1CCN(c2ccc(CNC(=NC)NCc3cc(C(C)C)no3)cn2)CC1. The van der Waals surface area contributed by atoms with Crippen molar-refractivity contribution in [3.05, 3.63) is 41.4 Å². The minimum absolute atomic E-state index is 0.357. The van der Waals surface area contributed by atoms with Crippen molar-refractivity contribution in [1.29, 1.82) is 0 Å². The molecule has 3 rings (SSSR count). The third-order valence-corrected chi connectivity index (χ3v) is 5.23. The third-order valence-electron chi connectivity index (χ3n) is 5.23. The molecule has 0 spiro atoms. The molecule has 0 unspecified atom stereocenters. The van der Waals surface area contributed by atoms with E-state index in [1.807, 2.05) is 12.3 Å². The Morgan fingerprint density at radius 2 is 1.93 bits per heavy atom. The second kappa shape index (κ2) is 10.2. The van der Waals surface area contributed by atoms with Crippen molar-refractivity contribution in [3.63, 3.8) is 0 Å². The van der Waals surface area contributed by atoms with Gasteiger partial charge in [0, 0.05) is 52.0 Å². The van der Waals surface area contributed by atoms with Crippen LogP contribution in [0.2, 0.25) is 0 Å². The van der Waals surface area contributed by atoms with Gasteiger partial charge < -0.3 is 25.0 Å². The van der Waals surface area contributed by atoms with E-state index in [1.54, 1.807) is 7.05 Å². The van der Waals surface area contributed by atoms with E-state index in [9.17, 15) is 0 Å². The molecule has 1 fully saturated rings. The lowest BCUT2D eigenvalue weighted by Gasteiger charge is -2.34. The van der Waals surface area contributed by atoms with Crippen LogP contribution >= 0.6 is 0 Å². The number of aromatic nitrogens is 2. The quantitative estimate of drug-likeness (QED) is 0.546. The molecule has 1 aliphatic rings. The van der Waals surface area contributed by atoms with Crippen molar-refractivity contribution >= 4 is 11.8 Å². The largest absolute Gasteiger partial charge is 0.359 e. The molecule has 8 nitrogen and oxygen atoms in total. The monoisotopic (exact) mass is 399 g/mol. The maximum absolute atomic E-state index is 5.36. The van der Waals surface area contributed by atoms with Crippen LogP contribution in [-0.4, -0.2) is 60.8 Å². The predicted molar refractivity (Wildman–Crippen MR) is 116 cm³/mol. The number of pyridine rings is 1. The summed E-state index contributed by atoms with van der Waals surface area (Å²) >= 11 is 0. The third kappa shape index (κ3) is 5.93. The van der Waals surface area contributed by atoms with Crippen LogP contribution in [0.15, 0.2) is 33.9 Å². The number of hydrogen-bond acceptors (Lipinski definition) is 6. The first-order valence-electron chi connectivity index (χ1n) is 10.4. The zero-order valence-corrected chi connectivity index (χ0v) is 18.0. The molecule has 0 amide bonds. The zero-order chi connectivity index (χ0) is 20.6. The topological polar surface area (TPSA) is 81.8 Å². The van der Waals surface area contributed by atoms with E-state index in [4.69, 9.17) is 4.52 Å². The molecule has 158 valence electrons.